The molecule has 4 N–H and O–H groups in total. The Hall–Kier alpha value is -0.910. The Labute approximate surface area is 408 Å². The summed E-state index contributed by atoms with van der Waals surface area (Å²) < 4.78 is 0. The van der Waals surface area contributed by atoms with Gasteiger partial charge in [0, 0.05) is 0 Å². The summed E-state index contributed by atoms with van der Waals surface area (Å²) in [6.45, 7) is 4.25. The van der Waals surface area contributed by atoms with Crippen molar-refractivity contribution in [3.8, 4) is 0 Å². The average Bonchev–Trinajstić information content (AvgIpc) is 3.30. The van der Waals surface area contributed by atoms with Crippen LogP contribution in [0.3, 0.4) is 0 Å². The van der Waals surface area contributed by atoms with E-state index in [1.807, 2.05) is 6.08 Å². The lowest BCUT2D eigenvalue weighted by Gasteiger charge is -2.21. The monoisotopic (exact) mass is 918 g/mol. The van der Waals surface area contributed by atoms with Crippen molar-refractivity contribution in [2.45, 2.75) is 360 Å². The van der Waals surface area contributed by atoms with E-state index in [0.29, 0.717) is 6.42 Å². The maximum absolute atomic E-state index is 12.5. The van der Waals surface area contributed by atoms with Gasteiger partial charge in [0.05, 0.1) is 31.3 Å². The second-order valence-electron chi connectivity index (χ2n) is 21.0. The molecule has 0 aliphatic carbocycles. The molecule has 0 spiro atoms. The lowest BCUT2D eigenvalue weighted by molar-refractivity contribution is -0.124. The van der Waals surface area contributed by atoms with Gasteiger partial charge in [0.25, 0.3) is 0 Å². The van der Waals surface area contributed by atoms with E-state index in [9.17, 15) is 20.1 Å². The summed E-state index contributed by atoms with van der Waals surface area (Å²) in [7, 11) is 0. The summed E-state index contributed by atoms with van der Waals surface area (Å²) in [4.78, 5) is 12.5. The van der Waals surface area contributed by atoms with Crippen molar-refractivity contribution in [2.24, 2.45) is 0 Å². The van der Waals surface area contributed by atoms with Crippen LogP contribution in [0, 0.1) is 0 Å². The van der Waals surface area contributed by atoms with Crippen molar-refractivity contribution in [3.63, 3.8) is 0 Å². The van der Waals surface area contributed by atoms with Crippen LogP contribution in [-0.4, -0.2) is 46.1 Å². The van der Waals surface area contributed by atoms with E-state index in [0.717, 1.165) is 25.7 Å². The zero-order chi connectivity index (χ0) is 47.2. The van der Waals surface area contributed by atoms with E-state index in [2.05, 4.69) is 19.2 Å². The normalized spacial score (nSPS) is 13.2. The Balaban J connectivity index is 3.46. The van der Waals surface area contributed by atoms with Crippen LogP contribution in [0.25, 0.3) is 0 Å². The smallest absolute Gasteiger partial charge is 0.222 e. The molecule has 3 unspecified atom stereocenters. The highest BCUT2D eigenvalue weighted by molar-refractivity contribution is 5.76. The summed E-state index contributed by atoms with van der Waals surface area (Å²) in [5, 5.41) is 33.5. The van der Waals surface area contributed by atoms with Crippen LogP contribution < -0.4 is 5.32 Å². The first-order valence-electron chi connectivity index (χ1n) is 30.0. The molecule has 388 valence electrons. The minimum Gasteiger partial charge on any atom is -0.394 e. The predicted molar refractivity (Wildman–Crippen MR) is 287 cm³/mol. The first kappa shape index (κ1) is 64.1. The molecule has 0 aliphatic rings. The molecule has 5 nitrogen and oxygen atoms in total. The number of aliphatic hydroxyl groups excluding tert-OH is 3. The van der Waals surface area contributed by atoms with Crippen LogP contribution in [0.1, 0.15) is 341 Å². The molecular formula is C60H119NO4. The Morgan fingerprint density at radius 3 is 0.892 bits per heavy atom. The molecule has 0 saturated heterocycles. The van der Waals surface area contributed by atoms with Gasteiger partial charge in [0.1, 0.15) is 0 Å². The molecule has 3 atom stereocenters. The summed E-state index contributed by atoms with van der Waals surface area (Å²) >= 11 is 0. The Morgan fingerprint density at radius 1 is 0.385 bits per heavy atom. The number of rotatable bonds is 56. The fraction of sp³-hybridized carbons (Fsp3) is 0.950. The molecular weight excluding hydrogens is 799 g/mol. The number of hydrogen-bond acceptors (Lipinski definition) is 4. The number of aliphatic hydroxyl groups is 3. The molecule has 1 amide bonds. The zero-order valence-corrected chi connectivity index (χ0v) is 44.4. The standard InChI is InChI=1S/C60H119NO4/c1-3-5-7-9-11-13-15-17-19-21-22-23-24-25-26-27-28-29-30-31-32-33-34-35-36-38-39-41-43-45-47-49-51-53-57(63)55-60(65)61-58(56-62)59(64)54-52-50-48-46-44-42-40-37-20-18-16-14-12-10-8-6-4-2/h52,54,57-59,62-64H,3-51,53,55-56H2,1-2H3,(H,61,65)/b54-52+. The molecule has 5 heteroatoms. The summed E-state index contributed by atoms with van der Waals surface area (Å²) in [6.07, 6.45) is 70.0. The van der Waals surface area contributed by atoms with E-state index in [-0.39, 0.29) is 18.9 Å². The summed E-state index contributed by atoms with van der Waals surface area (Å²) in [5.74, 6) is -0.308. The topological polar surface area (TPSA) is 89.8 Å². The van der Waals surface area contributed by atoms with Crippen molar-refractivity contribution >= 4 is 5.91 Å². The Kier molecular flexibility index (Phi) is 54.9. The molecule has 0 heterocycles. The van der Waals surface area contributed by atoms with Gasteiger partial charge in [-0.3, -0.25) is 4.79 Å². The van der Waals surface area contributed by atoms with E-state index < -0.39 is 18.2 Å². The van der Waals surface area contributed by atoms with E-state index in [4.69, 9.17) is 0 Å². The van der Waals surface area contributed by atoms with Crippen molar-refractivity contribution < 1.29 is 20.1 Å². The first-order chi connectivity index (χ1) is 32.0. The molecule has 0 aromatic rings. The number of amides is 1. The number of hydrogen-bond donors (Lipinski definition) is 4. The van der Waals surface area contributed by atoms with Gasteiger partial charge in [-0.25, -0.2) is 0 Å². The van der Waals surface area contributed by atoms with Crippen LogP contribution in [0.5, 0.6) is 0 Å². The van der Waals surface area contributed by atoms with E-state index in [1.165, 1.54) is 289 Å². The van der Waals surface area contributed by atoms with E-state index in [1.54, 1.807) is 6.08 Å². The third kappa shape index (κ3) is 52.3. The molecule has 0 saturated carbocycles. The molecule has 0 fully saturated rings. The minimum atomic E-state index is -0.926. The third-order valence-electron chi connectivity index (χ3n) is 14.3. The number of carbonyl (C=O) groups is 1. The average molecular weight is 919 g/mol. The van der Waals surface area contributed by atoms with Gasteiger partial charge in [0.2, 0.25) is 5.91 Å². The van der Waals surface area contributed by atoms with Crippen molar-refractivity contribution in [2.75, 3.05) is 6.61 Å². The second-order valence-corrected chi connectivity index (χ2v) is 21.0. The highest BCUT2D eigenvalue weighted by atomic mass is 16.3. The molecule has 0 aliphatic heterocycles. The van der Waals surface area contributed by atoms with Crippen LogP contribution in [-0.2, 0) is 4.79 Å². The van der Waals surface area contributed by atoms with Crippen molar-refractivity contribution in [1.29, 1.82) is 0 Å². The van der Waals surface area contributed by atoms with E-state index >= 15 is 0 Å². The summed E-state index contributed by atoms with van der Waals surface area (Å²) in [6, 6.07) is -0.741. The second kappa shape index (κ2) is 55.7. The predicted octanol–water partition coefficient (Wildman–Crippen LogP) is 18.7. The SMILES string of the molecule is CCCCCCCCCCCCCCCCC/C=C/C(O)C(CO)NC(=O)CC(O)CCCCCCCCCCCCCCCCCCCCCCCCCCCCCCCCCCC. The number of carbonyl (C=O) groups excluding carboxylic acids is 1. The number of unbranched alkanes of at least 4 members (excludes halogenated alkanes) is 47. The zero-order valence-electron chi connectivity index (χ0n) is 44.4. The molecule has 65 heavy (non-hydrogen) atoms. The van der Waals surface area contributed by atoms with Gasteiger partial charge in [-0.2, -0.15) is 0 Å². The first-order valence-corrected chi connectivity index (χ1v) is 30.0. The van der Waals surface area contributed by atoms with Gasteiger partial charge in [-0.15, -0.1) is 0 Å². The lowest BCUT2D eigenvalue weighted by Crippen LogP contribution is -2.45. The molecule has 0 radical (unpaired) electrons. The lowest BCUT2D eigenvalue weighted by atomic mass is 10.0. The quantitative estimate of drug-likeness (QED) is 0.0361. The maximum atomic E-state index is 12.5. The van der Waals surface area contributed by atoms with Crippen LogP contribution in [0.2, 0.25) is 0 Å². The van der Waals surface area contributed by atoms with Gasteiger partial charge < -0.3 is 20.6 Å². The molecule has 0 rings (SSSR count). The Bertz CT molecular complexity index is 925. The Morgan fingerprint density at radius 2 is 0.631 bits per heavy atom. The van der Waals surface area contributed by atoms with Gasteiger partial charge in [-0.1, -0.05) is 328 Å². The van der Waals surface area contributed by atoms with Gasteiger partial charge >= 0.3 is 0 Å². The molecule has 0 aromatic carbocycles. The number of allylic oxidation sites excluding steroid dienone is 1. The molecule has 0 bridgehead atoms. The van der Waals surface area contributed by atoms with Crippen LogP contribution >= 0.6 is 0 Å². The van der Waals surface area contributed by atoms with Gasteiger partial charge in [-0.05, 0) is 19.3 Å². The van der Waals surface area contributed by atoms with Crippen LogP contribution in [0.15, 0.2) is 12.2 Å². The highest BCUT2D eigenvalue weighted by Crippen LogP contribution is 2.19. The highest BCUT2D eigenvalue weighted by Gasteiger charge is 2.20. The number of nitrogens with one attached hydrogen (secondary N) is 1. The maximum Gasteiger partial charge on any atom is 0.222 e. The fourth-order valence-electron chi connectivity index (χ4n) is 9.76. The fourth-order valence-corrected chi connectivity index (χ4v) is 9.76. The largest absolute Gasteiger partial charge is 0.394 e. The molecule has 0 aromatic heterocycles. The van der Waals surface area contributed by atoms with Crippen molar-refractivity contribution in [3.05, 3.63) is 12.2 Å². The third-order valence-corrected chi connectivity index (χ3v) is 14.3. The minimum absolute atomic E-state index is 0.0195. The van der Waals surface area contributed by atoms with Crippen LogP contribution in [0.4, 0.5) is 0 Å². The van der Waals surface area contributed by atoms with Gasteiger partial charge in [0.15, 0.2) is 0 Å². The summed E-state index contributed by atoms with van der Waals surface area (Å²) in [5.41, 5.74) is 0. The van der Waals surface area contributed by atoms with Crippen molar-refractivity contribution in [1.82, 2.24) is 5.32 Å².